The zero-order valence-electron chi connectivity index (χ0n) is 10.9. The number of amides is 1. The van der Waals surface area contributed by atoms with E-state index >= 15 is 0 Å². The summed E-state index contributed by atoms with van der Waals surface area (Å²) >= 11 is 4.24. The largest absolute Gasteiger partial charge is 0.507 e. The number of phenolic OH excluding ortho intramolecular Hbond substituents is 1. The van der Waals surface area contributed by atoms with E-state index < -0.39 is 11.9 Å². The molecule has 0 radical (unpaired) electrons. The van der Waals surface area contributed by atoms with Gasteiger partial charge in [0, 0.05) is 4.47 Å². The van der Waals surface area contributed by atoms with Gasteiger partial charge in [-0.3, -0.25) is 4.79 Å². The van der Waals surface area contributed by atoms with Crippen LogP contribution in [0.1, 0.15) is 30.7 Å². The van der Waals surface area contributed by atoms with E-state index in [0.717, 1.165) is 11.3 Å². The number of aryl methyl sites for hydroxylation is 1. The van der Waals surface area contributed by atoms with Crippen LogP contribution in [0.15, 0.2) is 22.7 Å². The maximum absolute atomic E-state index is 12.0. The molecule has 1 heterocycles. The molecule has 2 aromatic rings. The monoisotopic (exact) mass is 370 g/mol. The Kier molecular flexibility index (Phi) is 4.59. The average molecular weight is 371 g/mol. The minimum Gasteiger partial charge on any atom is -0.507 e. The summed E-state index contributed by atoms with van der Waals surface area (Å²) in [6, 6.07) is 4.53. The quantitative estimate of drug-likeness (QED) is 0.767. The number of hydrogen-bond donors (Lipinski definition) is 3. The normalized spacial score (nSPS) is 10.4. The average Bonchev–Trinajstić information content (AvgIpc) is 2.80. The van der Waals surface area contributed by atoms with E-state index in [0.29, 0.717) is 15.2 Å². The summed E-state index contributed by atoms with van der Waals surface area (Å²) in [6.07, 6.45) is 0. The molecule has 0 aliphatic carbocycles. The number of aromatic nitrogens is 1. The van der Waals surface area contributed by atoms with Crippen LogP contribution in [0, 0.1) is 6.92 Å². The Labute approximate surface area is 132 Å². The summed E-state index contributed by atoms with van der Waals surface area (Å²) in [5.41, 5.74) is 0.554. The Morgan fingerprint density at radius 1 is 1.43 bits per heavy atom. The van der Waals surface area contributed by atoms with E-state index in [1.54, 1.807) is 13.0 Å². The van der Waals surface area contributed by atoms with Gasteiger partial charge in [-0.05, 0) is 25.1 Å². The van der Waals surface area contributed by atoms with Crippen molar-refractivity contribution in [2.45, 2.75) is 13.5 Å². The van der Waals surface area contributed by atoms with Gasteiger partial charge in [0.1, 0.15) is 15.6 Å². The smallest absolute Gasteiger partial charge is 0.347 e. The molecule has 1 aromatic heterocycles. The number of carboxylic acid groups (broad SMARTS) is 1. The summed E-state index contributed by atoms with van der Waals surface area (Å²) in [5, 5.41) is 21.7. The van der Waals surface area contributed by atoms with Crippen molar-refractivity contribution in [1.82, 2.24) is 10.3 Å². The number of hydrogen-bond acceptors (Lipinski definition) is 5. The lowest BCUT2D eigenvalue weighted by Gasteiger charge is -2.05. The Morgan fingerprint density at radius 2 is 2.14 bits per heavy atom. The van der Waals surface area contributed by atoms with Crippen molar-refractivity contribution in [3.8, 4) is 5.75 Å². The highest BCUT2D eigenvalue weighted by Gasteiger charge is 2.16. The Morgan fingerprint density at radius 3 is 2.76 bits per heavy atom. The van der Waals surface area contributed by atoms with Crippen LogP contribution in [0.2, 0.25) is 0 Å². The molecule has 0 bridgehead atoms. The van der Waals surface area contributed by atoms with Crippen LogP contribution >= 0.6 is 27.3 Å². The summed E-state index contributed by atoms with van der Waals surface area (Å²) in [5.74, 6) is -1.62. The predicted molar refractivity (Wildman–Crippen MR) is 80.8 cm³/mol. The van der Waals surface area contributed by atoms with Crippen molar-refractivity contribution in [1.29, 1.82) is 0 Å². The van der Waals surface area contributed by atoms with Crippen LogP contribution in [-0.4, -0.2) is 27.1 Å². The van der Waals surface area contributed by atoms with Crippen LogP contribution in [0.25, 0.3) is 0 Å². The zero-order valence-corrected chi connectivity index (χ0v) is 13.3. The molecule has 0 unspecified atom stereocenters. The van der Waals surface area contributed by atoms with Crippen LogP contribution < -0.4 is 5.32 Å². The van der Waals surface area contributed by atoms with Gasteiger partial charge >= 0.3 is 5.97 Å². The maximum atomic E-state index is 12.0. The van der Waals surface area contributed by atoms with Crippen molar-refractivity contribution in [2.75, 3.05) is 0 Å². The van der Waals surface area contributed by atoms with E-state index in [1.807, 2.05) is 0 Å². The second-order valence-corrected chi connectivity index (χ2v) is 6.17. The fourth-order valence-electron chi connectivity index (χ4n) is 1.67. The lowest BCUT2D eigenvalue weighted by molar-refractivity contribution is 0.0701. The minimum absolute atomic E-state index is 0.101. The maximum Gasteiger partial charge on any atom is 0.347 e. The van der Waals surface area contributed by atoms with E-state index in [2.05, 4.69) is 26.2 Å². The first-order valence-electron chi connectivity index (χ1n) is 5.85. The van der Waals surface area contributed by atoms with Crippen molar-refractivity contribution < 1.29 is 19.8 Å². The van der Waals surface area contributed by atoms with Crippen LogP contribution in [0.5, 0.6) is 5.75 Å². The molecule has 0 aliphatic rings. The van der Waals surface area contributed by atoms with E-state index in [1.165, 1.54) is 12.1 Å². The first-order valence-corrected chi connectivity index (χ1v) is 7.45. The topological polar surface area (TPSA) is 99.5 Å². The first-order chi connectivity index (χ1) is 9.88. The number of carbonyl (C=O) groups excluding carboxylic acids is 1. The third-order valence-electron chi connectivity index (χ3n) is 2.64. The third-order valence-corrected chi connectivity index (χ3v) is 4.28. The van der Waals surface area contributed by atoms with E-state index in [-0.39, 0.29) is 22.7 Å². The fraction of sp³-hybridized carbons (Fsp3) is 0.154. The van der Waals surface area contributed by atoms with Crippen molar-refractivity contribution in [2.24, 2.45) is 0 Å². The number of halogens is 1. The van der Waals surface area contributed by atoms with Gasteiger partial charge in [0.25, 0.3) is 5.91 Å². The number of thiazole rings is 1. The number of carboxylic acids is 1. The molecule has 8 heteroatoms. The number of carbonyl (C=O) groups is 2. The van der Waals surface area contributed by atoms with Crippen LogP contribution in [0.4, 0.5) is 0 Å². The molecule has 0 atom stereocenters. The standard InChI is InChI=1S/C13H11BrN2O4S/c1-6-11(13(19)20)21-10(16-6)5-15-12(18)8-4-7(14)2-3-9(8)17/h2-4,17H,5H2,1H3,(H,15,18)(H,19,20). The molecule has 0 saturated heterocycles. The number of nitrogens with zero attached hydrogens (tertiary/aromatic N) is 1. The SMILES string of the molecule is Cc1nc(CNC(=O)c2cc(Br)ccc2O)sc1C(=O)O. The molecule has 1 aromatic carbocycles. The van der Waals surface area contributed by atoms with Crippen molar-refractivity contribution in [3.63, 3.8) is 0 Å². The molecule has 0 saturated carbocycles. The molecule has 0 spiro atoms. The highest BCUT2D eigenvalue weighted by Crippen LogP contribution is 2.22. The zero-order chi connectivity index (χ0) is 15.6. The predicted octanol–water partition coefficient (Wildman–Crippen LogP) is 2.55. The number of nitrogens with one attached hydrogen (secondary N) is 1. The third kappa shape index (κ3) is 3.59. The lowest BCUT2D eigenvalue weighted by Crippen LogP contribution is -2.22. The number of aromatic carboxylic acids is 1. The second kappa shape index (κ2) is 6.23. The minimum atomic E-state index is -1.03. The van der Waals surface area contributed by atoms with Crippen LogP contribution in [0.3, 0.4) is 0 Å². The van der Waals surface area contributed by atoms with Crippen molar-refractivity contribution in [3.05, 3.63) is 43.8 Å². The van der Waals surface area contributed by atoms with Crippen LogP contribution in [-0.2, 0) is 6.54 Å². The van der Waals surface area contributed by atoms with Gasteiger partial charge < -0.3 is 15.5 Å². The molecule has 21 heavy (non-hydrogen) atoms. The van der Waals surface area contributed by atoms with Gasteiger partial charge in [0.15, 0.2) is 0 Å². The Hall–Kier alpha value is -1.93. The fourth-order valence-corrected chi connectivity index (χ4v) is 2.87. The Balaban J connectivity index is 2.09. The number of phenols is 1. The van der Waals surface area contributed by atoms with Gasteiger partial charge in [-0.1, -0.05) is 15.9 Å². The molecular formula is C13H11BrN2O4S. The highest BCUT2D eigenvalue weighted by atomic mass is 79.9. The van der Waals surface area contributed by atoms with Gasteiger partial charge in [-0.2, -0.15) is 0 Å². The second-order valence-electron chi connectivity index (χ2n) is 4.17. The molecular weight excluding hydrogens is 360 g/mol. The van der Waals surface area contributed by atoms with Crippen molar-refractivity contribution >= 4 is 39.1 Å². The first kappa shape index (κ1) is 15.5. The number of aromatic hydroxyl groups is 1. The van der Waals surface area contributed by atoms with E-state index in [4.69, 9.17) is 5.11 Å². The number of rotatable bonds is 4. The van der Waals surface area contributed by atoms with Gasteiger partial charge in [0.2, 0.25) is 0 Å². The Bertz CT molecular complexity index is 714. The molecule has 1 amide bonds. The molecule has 110 valence electrons. The molecule has 2 rings (SSSR count). The molecule has 0 fully saturated rings. The lowest BCUT2D eigenvalue weighted by atomic mass is 10.2. The molecule has 6 nitrogen and oxygen atoms in total. The summed E-state index contributed by atoms with van der Waals surface area (Å²) in [6.45, 7) is 1.70. The molecule has 3 N–H and O–H groups in total. The summed E-state index contributed by atoms with van der Waals surface area (Å²) in [7, 11) is 0. The molecule has 0 aliphatic heterocycles. The number of benzene rings is 1. The highest BCUT2D eigenvalue weighted by molar-refractivity contribution is 9.10. The van der Waals surface area contributed by atoms with Gasteiger partial charge in [-0.25, -0.2) is 9.78 Å². The van der Waals surface area contributed by atoms with Gasteiger partial charge in [0.05, 0.1) is 17.8 Å². The van der Waals surface area contributed by atoms with E-state index in [9.17, 15) is 14.7 Å². The summed E-state index contributed by atoms with van der Waals surface area (Å²) in [4.78, 5) is 27.2. The van der Waals surface area contributed by atoms with Gasteiger partial charge in [-0.15, -0.1) is 11.3 Å². The summed E-state index contributed by atoms with van der Waals surface area (Å²) < 4.78 is 0.670.